The lowest BCUT2D eigenvalue weighted by Crippen LogP contribution is -2.31. The summed E-state index contributed by atoms with van der Waals surface area (Å²) in [5.74, 6) is 0.137. The lowest BCUT2D eigenvalue weighted by Gasteiger charge is -2.11. The van der Waals surface area contributed by atoms with Crippen LogP contribution in [0.3, 0.4) is 0 Å². The van der Waals surface area contributed by atoms with Gasteiger partial charge in [-0.05, 0) is 57.5 Å². The molecular formula is C38H43FN10O2. The molecule has 6 heterocycles. The molecule has 0 bridgehead atoms. The van der Waals surface area contributed by atoms with Gasteiger partial charge in [0.15, 0.2) is 0 Å². The average molecular weight is 691 g/mol. The van der Waals surface area contributed by atoms with Crippen LogP contribution in [0.4, 0.5) is 10.2 Å². The molecule has 0 saturated heterocycles. The molecule has 8 rings (SSSR count). The van der Waals surface area contributed by atoms with Gasteiger partial charge in [-0.2, -0.15) is 4.39 Å². The summed E-state index contributed by atoms with van der Waals surface area (Å²) in [6.07, 6.45) is 3.70. The number of nitrogens with one attached hydrogen (secondary N) is 5. The molecule has 4 aromatic heterocycles. The fourth-order valence-corrected chi connectivity index (χ4v) is 6.03. The minimum absolute atomic E-state index is 0.0174. The molecule has 2 aliphatic rings. The lowest BCUT2D eigenvalue weighted by atomic mass is 10.1. The predicted octanol–water partition coefficient (Wildman–Crippen LogP) is 5.75. The normalized spacial score (nSPS) is 13.3. The van der Waals surface area contributed by atoms with Crippen molar-refractivity contribution in [2.75, 3.05) is 31.5 Å². The van der Waals surface area contributed by atoms with Crippen LogP contribution in [0.25, 0.3) is 44.6 Å². The van der Waals surface area contributed by atoms with E-state index in [1.807, 2.05) is 43.3 Å². The number of halogens is 1. The van der Waals surface area contributed by atoms with Crippen molar-refractivity contribution in [1.82, 2.24) is 40.5 Å². The van der Waals surface area contributed by atoms with Crippen LogP contribution in [-0.4, -0.2) is 67.9 Å². The fourth-order valence-electron chi connectivity index (χ4n) is 6.03. The van der Waals surface area contributed by atoms with E-state index in [-0.39, 0.29) is 17.5 Å². The van der Waals surface area contributed by atoms with Gasteiger partial charge in [0.05, 0.1) is 33.5 Å². The molecule has 0 radical (unpaired) electrons. The second-order valence-corrected chi connectivity index (χ2v) is 12.5. The van der Waals surface area contributed by atoms with Crippen molar-refractivity contribution >= 4 is 39.7 Å². The minimum Gasteiger partial charge on any atom is -0.369 e. The Kier molecular flexibility index (Phi) is 10.7. The quantitative estimate of drug-likeness (QED) is 0.128. The molecule has 6 aromatic rings. The van der Waals surface area contributed by atoms with Crippen LogP contribution in [0.5, 0.6) is 0 Å². The van der Waals surface area contributed by atoms with Crippen LogP contribution >= 0.6 is 0 Å². The first-order chi connectivity index (χ1) is 24.7. The van der Waals surface area contributed by atoms with Gasteiger partial charge in [0.2, 0.25) is 5.95 Å². The molecule has 12 nitrogen and oxygen atoms in total. The van der Waals surface area contributed by atoms with E-state index < -0.39 is 5.95 Å². The molecule has 0 unspecified atom stereocenters. The minimum atomic E-state index is -0.575. The number of H-pyrrole nitrogens is 2. The number of amides is 2. The van der Waals surface area contributed by atoms with E-state index in [0.29, 0.717) is 29.7 Å². The molecule has 2 aromatic carbocycles. The maximum absolute atomic E-state index is 13.8. The first-order valence-corrected chi connectivity index (χ1v) is 17.4. The maximum Gasteiger partial charge on any atom is 0.253 e. The van der Waals surface area contributed by atoms with E-state index in [0.717, 1.165) is 101 Å². The predicted molar refractivity (Wildman–Crippen MR) is 198 cm³/mol. The summed E-state index contributed by atoms with van der Waals surface area (Å²) >= 11 is 0. The molecule has 0 spiro atoms. The number of para-hydroxylation sites is 2. The summed E-state index contributed by atoms with van der Waals surface area (Å²) in [4.78, 5) is 48.3. The van der Waals surface area contributed by atoms with E-state index in [1.165, 1.54) is 0 Å². The highest BCUT2D eigenvalue weighted by Crippen LogP contribution is 2.31. The Morgan fingerprint density at radius 3 is 1.73 bits per heavy atom. The summed E-state index contributed by atoms with van der Waals surface area (Å²) in [6.45, 7) is 10.7. The number of hydrogen-bond donors (Lipinski definition) is 6. The highest BCUT2D eigenvalue weighted by Gasteiger charge is 2.22. The van der Waals surface area contributed by atoms with Crippen molar-refractivity contribution in [3.63, 3.8) is 0 Å². The van der Waals surface area contributed by atoms with E-state index in [9.17, 15) is 14.0 Å². The van der Waals surface area contributed by atoms with Crippen LogP contribution in [0.1, 0.15) is 70.2 Å². The molecule has 264 valence electrons. The molecule has 0 fully saturated rings. The monoisotopic (exact) mass is 690 g/mol. The number of anilines is 1. The Hall–Kier alpha value is -5.69. The average Bonchev–Trinajstić information content (AvgIpc) is 3.78. The topological polar surface area (TPSA) is 179 Å². The third kappa shape index (κ3) is 7.43. The van der Waals surface area contributed by atoms with Crippen LogP contribution in [0.15, 0.2) is 48.5 Å². The van der Waals surface area contributed by atoms with Crippen molar-refractivity contribution in [1.29, 1.82) is 0 Å². The van der Waals surface area contributed by atoms with Gasteiger partial charge in [-0.1, -0.05) is 38.1 Å². The molecule has 0 aliphatic carbocycles. The number of benzene rings is 2. The van der Waals surface area contributed by atoms with E-state index >= 15 is 0 Å². The van der Waals surface area contributed by atoms with Gasteiger partial charge in [0.1, 0.15) is 16.9 Å². The Balaban J connectivity index is 0.000000160. The second kappa shape index (κ2) is 15.5. The largest absolute Gasteiger partial charge is 0.369 e. The van der Waals surface area contributed by atoms with Crippen molar-refractivity contribution in [2.45, 2.75) is 53.4 Å². The van der Waals surface area contributed by atoms with Crippen molar-refractivity contribution < 1.29 is 14.0 Å². The van der Waals surface area contributed by atoms with E-state index in [2.05, 4.69) is 49.7 Å². The van der Waals surface area contributed by atoms with E-state index in [1.54, 1.807) is 19.1 Å². The number of fused-ring (bicyclic) bond motifs is 4. The number of carbonyl (C=O) groups is 2. The number of carbonyl (C=O) groups excluding carboxylic acids is 2. The summed E-state index contributed by atoms with van der Waals surface area (Å²) in [5, 5.41) is 9.03. The zero-order chi connectivity index (χ0) is 36.1. The van der Waals surface area contributed by atoms with Crippen molar-refractivity contribution in [3.05, 3.63) is 88.4 Å². The number of aromatic amines is 2. The number of rotatable bonds is 6. The van der Waals surface area contributed by atoms with Gasteiger partial charge in [0.25, 0.3) is 11.8 Å². The van der Waals surface area contributed by atoms with Gasteiger partial charge in [0, 0.05) is 66.4 Å². The van der Waals surface area contributed by atoms with Crippen LogP contribution in [0, 0.1) is 19.8 Å². The Bertz CT molecular complexity index is 2220. The molecule has 2 amide bonds. The number of nitrogens with two attached hydrogens (primary N) is 1. The fraction of sp³-hybridized carbons (Fsp3) is 0.316. The molecule has 0 saturated carbocycles. The Morgan fingerprint density at radius 1 is 0.725 bits per heavy atom. The first-order valence-electron chi connectivity index (χ1n) is 17.4. The highest BCUT2D eigenvalue weighted by atomic mass is 19.1. The second-order valence-electron chi connectivity index (χ2n) is 12.5. The number of aromatic nitrogens is 6. The molecular weight excluding hydrogens is 647 g/mol. The molecule has 51 heavy (non-hydrogen) atoms. The maximum atomic E-state index is 13.8. The zero-order valence-corrected chi connectivity index (χ0v) is 29.3. The van der Waals surface area contributed by atoms with Crippen molar-refractivity contribution in [2.24, 2.45) is 5.73 Å². The summed E-state index contributed by atoms with van der Waals surface area (Å²) in [7, 11) is 0. The first kappa shape index (κ1) is 35.1. The third-order valence-electron chi connectivity index (χ3n) is 8.70. The van der Waals surface area contributed by atoms with Gasteiger partial charge in [-0.15, -0.1) is 0 Å². The number of nitrogens with zero attached hydrogens (tertiary/aromatic N) is 4. The van der Waals surface area contributed by atoms with Gasteiger partial charge in [-0.25, -0.2) is 19.9 Å². The van der Waals surface area contributed by atoms with Gasteiger partial charge < -0.3 is 31.7 Å². The molecule has 7 N–H and O–H groups in total. The van der Waals surface area contributed by atoms with Crippen LogP contribution < -0.4 is 21.7 Å². The SMILES string of the molecule is CCCN.CCCNc1nc2c(-c3cc4c([nH]3)CCNC4=O)cccc2nc1C.Cc1nc2cccc(-c3cc4c([nH]3)CCNC4=O)c2nc1F. The Morgan fingerprint density at radius 2 is 1.24 bits per heavy atom. The zero-order valence-electron chi connectivity index (χ0n) is 29.3. The summed E-state index contributed by atoms with van der Waals surface area (Å²) in [5.41, 5.74) is 15.6. The van der Waals surface area contributed by atoms with Gasteiger partial charge >= 0.3 is 0 Å². The standard InChI is InChI=1S/C19H21N5O.C16H13FN4O.C3H9N/c1-3-8-20-18-11(2)22-15-6-4-5-12(17(15)24-18)16-10-13-14(23-16)7-9-21-19(13)25;1-8-15(17)21-14-9(3-2-4-12(14)19-8)13-7-10-11(20-13)5-6-18-16(10)22;1-2-3-4/h4-6,10,23H,3,7-9H2,1-2H3,(H,20,24)(H,21,25);2-4,7,20H,5-6H2,1H3,(H,18,22);2-4H2,1H3. The third-order valence-corrected chi connectivity index (χ3v) is 8.70. The number of hydrogen-bond acceptors (Lipinski definition) is 8. The number of aryl methyl sites for hydroxylation is 2. The van der Waals surface area contributed by atoms with Crippen molar-refractivity contribution in [3.8, 4) is 22.5 Å². The lowest BCUT2D eigenvalue weighted by molar-refractivity contribution is 0.0937. The smallest absolute Gasteiger partial charge is 0.253 e. The summed E-state index contributed by atoms with van der Waals surface area (Å²) < 4.78 is 13.8. The Labute approximate surface area is 295 Å². The molecule has 2 aliphatic heterocycles. The van der Waals surface area contributed by atoms with Crippen LogP contribution in [-0.2, 0) is 12.8 Å². The van der Waals surface area contributed by atoms with Gasteiger partial charge in [-0.3, -0.25) is 9.59 Å². The highest BCUT2D eigenvalue weighted by molar-refractivity contribution is 6.00. The van der Waals surface area contributed by atoms with E-state index in [4.69, 9.17) is 15.7 Å². The molecule has 13 heteroatoms. The molecule has 0 atom stereocenters. The summed E-state index contributed by atoms with van der Waals surface area (Å²) in [6, 6.07) is 15.2. The van der Waals surface area contributed by atoms with Crippen LogP contribution in [0.2, 0.25) is 0 Å².